The summed E-state index contributed by atoms with van der Waals surface area (Å²) in [6, 6.07) is 0. The van der Waals surface area contributed by atoms with E-state index in [9.17, 15) is 13.2 Å². The third-order valence-corrected chi connectivity index (χ3v) is 4.64. The maximum absolute atomic E-state index is 13.1. The minimum Gasteiger partial charge on any atom is -0.384 e. The molecule has 0 N–H and O–H groups in total. The molecule has 0 amide bonds. The summed E-state index contributed by atoms with van der Waals surface area (Å²) in [6.07, 6.45) is -2.72. The van der Waals surface area contributed by atoms with Gasteiger partial charge >= 0.3 is 6.18 Å². The highest BCUT2D eigenvalue weighted by molar-refractivity contribution is 5.59. The molecule has 2 aromatic heterocycles. The average molecular weight is 343 g/mol. The molecule has 1 aliphatic heterocycles. The number of fused-ring (bicyclic) bond motifs is 1. The summed E-state index contributed by atoms with van der Waals surface area (Å²) in [5.41, 5.74) is 1.66. The molecule has 0 aliphatic carbocycles. The van der Waals surface area contributed by atoms with Gasteiger partial charge in [0.2, 0.25) is 0 Å². The van der Waals surface area contributed by atoms with Gasteiger partial charge in [0, 0.05) is 37.9 Å². The fourth-order valence-corrected chi connectivity index (χ4v) is 3.14. The van der Waals surface area contributed by atoms with Crippen molar-refractivity contribution >= 4 is 11.5 Å². The molecule has 3 rings (SSSR count). The largest absolute Gasteiger partial charge is 0.453 e. The Hall–Kier alpha value is -1.90. The van der Waals surface area contributed by atoms with Crippen LogP contribution in [0.5, 0.6) is 0 Å². The van der Waals surface area contributed by atoms with E-state index in [0.29, 0.717) is 23.9 Å². The Balaban J connectivity index is 1.98. The predicted molar refractivity (Wildman–Crippen MR) is 82.1 cm³/mol. The summed E-state index contributed by atoms with van der Waals surface area (Å²) in [7, 11) is 1.68. The number of piperidine rings is 1. The van der Waals surface area contributed by atoms with Gasteiger partial charge in [-0.05, 0) is 32.6 Å². The van der Waals surface area contributed by atoms with Crippen LogP contribution in [0.1, 0.15) is 29.8 Å². The maximum atomic E-state index is 13.1. The van der Waals surface area contributed by atoms with Crippen molar-refractivity contribution in [3.63, 3.8) is 0 Å². The summed E-state index contributed by atoms with van der Waals surface area (Å²) >= 11 is 0. The van der Waals surface area contributed by atoms with Crippen LogP contribution < -0.4 is 4.90 Å². The lowest BCUT2D eigenvalue weighted by molar-refractivity contribution is -0.146. The van der Waals surface area contributed by atoms with Crippen LogP contribution in [-0.4, -0.2) is 46.6 Å². The highest BCUT2D eigenvalue weighted by Crippen LogP contribution is 2.31. The number of methoxy groups -OCH3 is 1. The Kier molecular flexibility index (Phi) is 4.37. The van der Waals surface area contributed by atoms with Crippen LogP contribution in [-0.2, 0) is 10.9 Å². The number of aryl methyl sites for hydroxylation is 1. The molecule has 9 heteroatoms. The molecule has 132 valence electrons. The maximum Gasteiger partial charge on any atom is 0.453 e. The molecule has 1 saturated heterocycles. The normalized spacial score (nSPS) is 17.0. The zero-order valence-corrected chi connectivity index (χ0v) is 13.9. The number of ether oxygens (including phenoxy) is 1. The van der Waals surface area contributed by atoms with Crippen molar-refractivity contribution in [1.82, 2.24) is 19.8 Å². The SMILES string of the molecule is COCC1CCN(c2nn3c(C(F)(F)F)nnc3c(C)c2C)CC1. The number of hydrogen-bond acceptors (Lipinski definition) is 5. The van der Waals surface area contributed by atoms with Crippen molar-refractivity contribution in [3.8, 4) is 0 Å². The topological polar surface area (TPSA) is 55.5 Å². The van der Waals surface area contributed by atoms with Gasteiger partial charge in [0.15, 0.2) is 11.5 Å². The van der Waals surface area contributed by atoms with Crippen LogP contribution in [0, 0.1) is 19.8 Å². The number of anilines is 1. The van der Waals surface area contributed by atoms with Crippen LogP contribution in [0.4, 0.5) is 19.0 Å². The van der Waals surface area contributed by atoms with Gasteiger partial charge in [0.05, 0.1) is 0 Å². The third kappa shape index (κ3) is 2.92. The molecule has 1 aliphatic rings. The standard InChI is InChI=1S/C15H20F3N5O/c1-9-10(2)13(22-6-4-11(5-7-22)8-24-3)21-23-12(9)19-20-14(23)15(16,17)18/h11H,4-8H2,1-3H3. The van der Waals surface area contributed by atoms with Crippen molar-refractivity contribution in [3.05, 3.63) is 17.0 Å². The first-order valence-electron chi connectivity index (χ1n) is 7.86. The molecular formula is C15H20F3N5O. The Labute approximate surface area is 137 Å². The zero-order chi connectivity index (χ0) is 17.5. The summed E-state index contributed by atoms with van der Waals surface area (Å²) in [5.74, 6) is -0.0330. The second-order valence-corrected chi connectivity index (χ2v) is 6.22. The molecule has 0 saturated carbocycles. The highest BCUT2D eigenvalue weighted by Gasteiger charge is 2.38. The lowest BCUT2D eigenvalue weighted by atomic mass is 9.97. The fourth-order valence-electron chi connectivity index (χ4n) is 3.14. The van der Waals surface area contributed by atoms with E-state index in [0.717, 1.165) is 36.0 Å². The highest BCUT2D eigenvalue weighted by atomic mass is 19.4. The predicted octanol–water partition coefficient (Wildman–Crippen LogP) is 2.62. The van der Waals surface area contributed by atoms with E-state index in [1.54, 1.807) is 14.0 Å². The second kappa shape index (κ2) is 6.19. The van der Waals surface area contributed by atoms with E-state index >= 15 is 0 Å². The quantitative estimate of drug-likeness (QED) is 0.857. The van der Waals surface area contributed by atoms with Crippen molar-refractivity contribution in [2.24, 2.45) is 5.92 Å². The Bertz CT molecular complexity index is 735. The van der Waals surface area contributed by atoms with Gasteiger partial charge in [-0.2, -0.15) is 17.7 Å². The number of rotatable bonds is 3. The fraction of sp³-hybridized carbons (Fsp3) is 0.667. The molecule has 0 aromatic carbocycles. The lowest BCUT2D eigenvalue weighted by Gasteiger charge is -2.33. The molecule has 6 nitrogen and oxygen atoms in total. The summed E-state index contributed by atoms with van der Waals surface area (Å²) in [6.45, 7) is 5.82. The summed E-state index contributed by atoms with van der Waals surface area (Å²) in [5, 5.41) is 11.2. The molecule has 3 heterocycles. The van der Waals surface area contributed by atoms with Crippen molar-refractivity contribution < 1.29 is 17.9 Å². The summed E-state index contributed by atoms with van der Waals surface area (Å²) in [4.78, 5) is 2.04. The van der Waals surface area contributed by atoms with Crippen molar-refractivity contribution in [2.75, 3.05) is 31.7 Å². The molecule has 0 atom stereocenters. The van der Waals surface area contributed by atoms with Gasteiger partial charge in [0.1, 0.15) is 0 Å². The van der Waals surface area contributed by atoms with E-state index in [1.165, 1.54) is 0 Å². The second-order valence-electron chi connectivity index (χ2n) is 6.22. The first-order chi connectivity index (χ1) is 11.3. The molecule has 0 spiro atoms. The Morgan fingerprint density at radius 3 is 2.38 bits per heavy atom. The zero-order valence-electron chi connectivity index (χ0n) is 13.9. The van der Waals surface area contributed by atoms with Gasteiger partial charge in [0.25, 0.3) is 5.82 Å². The molecule has 24 heavy (non-hydrogen) atoms. The third-order valence-electron chi connectivity index (χ3n) is 4.64. The lowest BCUT2D eigenvalue weighted by Crippen LogP contribution is -2.36. The summed E-state index contributed by atoms with van der Waals surface area (Å²) < 4.78 is 45.3. The first-order valence-corrected chi connectivity index (χ1v) is 7.86. The molecule has 0 radical (unpaired) electrons. The van der Waals surface area contributed by atoms with Crippen LogP contribution in [0.25, 0.3) is 5.65 Å². The molecule has 1 fully saturated rings. The number of alkyl halides is 3. The van der Waals surface area contributed by atoms with Crippen molar-refractivity contribution in [2.45, 2.75) is 32.9 Å². The molecule has 0 bridgehead atoms. The Morgan fingerprint density at radius 1 is 1.12 bits per heavy atom. The monoisotopic (exact) mass is 343 g/mol. The van der Waals surface area contributed by atoms with Crippen LogP contribution in [0.3, 0.4) is 0 Å². The Morgan fingerprint density at radius 2 is 1.79 bits per heavy atom. The smallest absolute Gasteiger partial charge is 0.384 e. The molecule has 0 unspecified atom stereocenters. The minimum atomic E-state index is -4.59. The van der Waals surface area contributed by atoms with E-state index in [1.807, 2.05) is 11.8 Å². The van der Waals surface area contributed by atoms with E-state index in [-0.39, 0.29) is 5.65 Å². The average Bonchev–Trinajstić information content (AvgIpc) is 2.96. The number of nitrogens with zero attached hydrogens (tertiary/aromatic N) is 5. The van der Waals surface area contributed by atoms with Gasteiger partial charge in [-0.3, -0.25) is 0 Å². The van der Waals surface area contributed by atoms with Gasteiger partial charge in [-0.1, -0.05) is 0 Å². The number of aromatic nitrogens is 4. The number of halogens is 3. The van der Waals surface area contributed by atoms with E-state index < -0.39 is 12.0 Å². The van der Waals surface area contributed by atoms with Gasteiger partial charge in [-0.25, -0.2) is 0 Å². The van der Waals surface area contributed by atoms with E-state index in [4.69, 9.17) is 4.74 Å². The first kappa shape index (κ1) is 16.9. The van der Waals surface area contributed by atoms with E-state index in [2.05, 4.69) is 15.3 Å². The van der Waals surface area contributed by atoms with Crippen molar-refractivity contribution in [1.29, 1.82) is 0 Å². The van der Waals surface area contributed by atoms with Gasteiger partial charge < -0.3 is 9.64 Å². The van der Waals surface area contributed by atoms with Crippen LogP contribution in [0.2, 0.25) is 0 Å². The van der Waals surface area contributed by atoms with Crippen LogP contribution in [0.15, 0.2) is 0 Å². The molecule has 2 aromatic rings. The van der Waals surface area contributed by atoms with Crippen LogP contribution >= 0.6 is 0 Å². The minimum absolute atomic E-state index is 0.151. The molecular weight excluding hydrogens is 323 g/mol. The van der Waals surface area contributed by atoms with Gasteiger partial charge in [-0.15, -0.1) is 15.3 Å². The number of hydrogen-bond donors (Lipinski definition) is 0.